The summed E-state index contributed by atoms with van der Waals surface area (Å²) in [7, 11) is 2.12. The van der Waals surface area contributed by atoms with Crippen LogP contribution in [0, 0.1) is 0 Å². The molecule has 1 saturated heterocycles. The lowest BCUT2D eigenvalue weighted by atomic mass is 10.2. The number of para-hydroxylation sites is 1. The Hall–Kier alpha value is -3.96. The van der Waals surface area contributed by atoms with Gasteiger partial charge in [0.2, 0.25) is 11.9 Å². The summed E-state index contributed by atoms with van der Waals surface area (Å²) in [6.07, 6.45) is 1.97. The van der Waals surface area contributed by atoms with E-state index < -0.39 is 0 Å². The molecule has 2 aromatic heterocycles. The number of hydrogen-bond acceptors (Lipinski definition) is 9. The molecule has 0 spiro atoms. The van der Waals surface area contributed by atoms with Crippen molar-refractivity contribution in [1.82, 2.24) is 30.0 Å². The largest absolute Gasteiger partial charge is 0.338 e. The summed E-state index contributed by atoms with van der Waals surface area (Å²) >= 11 is 1.43. The number of hydrogen-bond donors (Lipinski definition) is 3. The molecule has 0 unspecified atom stereocenters. The minimum Gasteiger partial charge on any atom is -0.338 e. The Kier molecular flexibility index (Phi) is 8.15. The van der Waals surface area contributed by atoms with Gasteiger partial charge in [0.15, 0.2) is 11.0 Å². The van der Waals surface area contributed by atoms with Crippen molar-refractivity contribution in [3.8, 4) is 0 Å². The fourth-order valence-corrected chi connectivity index (χ4v) is 4.78. The summed E-state index contributed by atoms with van der Waals surface area (Å²) < 4.78 is 0. The number of nitrogens with one attached hydrogen (secondary N) is 3. The lowest BCUT2D eigenvalue weighted by molar-refractivity contribution is 0.102. The van der Waals surface area contributed by atoms with Gasteiger partial charge in [-0.25, -0.2) is 0 Å². The first-order valence-electron chi connectivity index (χ1n) is 12.7. The van der Waals surface area contributed by atoms with Crippen LogP contribution >= 0.6 is 11.8 Å². The zero-order valence-corrected chi connectivity index (χ0v) is 22.3. The predicted molar refractivity (Wildman–Crippen MR) is 150 cm³/mol. The molecule has 11 heteroatoms. The molecule has 0 radical (unpaired) electrons. The summed E-state index contributed by atoms with van der Waals surface area (Å²) in [5.74, 6) is 1.61. The number of likely N-dealkylation sites (N-methyl/N-ethyl adjacent to an activating group) is 1. The van der Waals surface area contributed by atoms with E-state index in [-0.39, 0.29) is 5.91 Å². The molecule has 1 aliphatic rings. The number of aromatic amines is 1. The van der Waals surface area contributed by atoms with Crippen molar-refractivity contribution in [3.05, 3.63) is 71.9 Å². The molecule has 3 heterocycles. The van der Waals surface area contributed by atoms with E-state index in [9.17, 15) is 4.79 Å². The van der Waals surface area contributed by atoms with Crippen LogP contribution in [0.2, 0.25) is 0 Å². The Morgan fingerprint density at radius 2 is 1.76 bits per heavy atom. The van der Waals surface area contributed by atoms with E-state index in [0.29, 0.717) is 28.4 Å². The van der Waals surface area contributed by atoms with Crippen LogP contribution in [0.1, 0.15) is 29.4 Å². The smallest absolute Gasteiger partial charge is 0.255 e. The summed E-state index contributed by atoms with van der Waals surface area (Å²) in [5.41, 5.74) is 2.40. The highest BCUT2D eigenvalue weighted by molar-refractivity contribution is 7.99. The topological polar surface area (TPSA) is 115 Å². The summed E-state index contributed by atoms with van der Waals surface area (Å²) in [4.78, 5) is 32.1. The first-order chi connectivity index (χ1) is 18.6. The molecule has 196 valence electrons. The molecule has 3 N–H and O–H groups in total. The van der Waals surface area contributed by atoms with Crippen LogP contribution < -0.4 is 15.5 Å². The van der Waals surface area contributed by atoms with E-state index in [0.717, 1.165) is 55.3 Å². The monoisotopic (exact) mass is 529 g/mol. The summed E-state index contributed by atoms with van der Waals surface area (Å²) in [6.45, 7) is 5.72. The molecular formula is C27H31N9OS. The molecule has 1 aliphatic heterocycles. The number of aryl methyl sites for hydroxylation is 1. The quantitative estimate of drug-likeness (QED) is 0.289. The van der Waals surface area contributed by atoms with Crippen LogP contribution in [0.5, 0.6) is 0 Å². The molecule has 1 fully saturated rings. The van der Waals surface area contributed by atoms with Crippen molar-refractivity contribution < 1.29 is 4.79 Å². The molecule has 5 rings (SSSR count). The Morgan fingerprint density at radius 1 is 1.00 bits per heavy atom. The van der Waals surface area contributed by atoms with Crippen LogP contribution in [0.4, 0.5) is 23.4 Å². The number of aromatic nitrogens is 5. The number of carbonyl (C=O) groups is 1. The first-order valence-corrected chi connectivity index (χ1v) is 13.5. The van der Waals surface area contributed by atoms with Crippen molar-refractivity contribution in [2.24, 2.45) is 0 Å². The molecule has 10 nitrogen and oxygen atoms in total. The van der Waals surface area contributed by atoms with Crippen molar-refractivity contribution in [2.45, 2.75) is 29.8 Å². The second kappa shape index (κ2) is 12.1. The predicted octanol–water partition coefficient (Wildman–Crippen LogP) is 4.45. The van der Waals surface area contributed by atoms with Gasteiger partial charge in [-0.2, -0.15) is 20.1 Å². The van der Waals surface area contributed by atoms with E-state index in [2.05, 4.69) is 49.6 Å². The highest BCUT2D eigenvalue weighted by Gasteiger charge is 2.19. The molecule has 0 atom stereocenters. The van der Waals surface area contributed by atoms with E-state index in [1.54, 1.807) is 12.1 Å². The van der Waals surface area contributed by atoms with Crippen LogP contribution in [0.15, 0.2) is 70.7 Å². The second-order valence-corrected chi connectivity index (χ2v) is 10.2. The van der Waals surface area contributed by atoms with Gasteiger partial charge in [0, 0.05) is 54.1 Å². The van der Waals surface area contributed by atoms with Crippen molar-refractivity contribution in [2.75, 3.05) is 48.8 Å². The van der Waals surface area contributed by atoms with Gasteiger partial charge >= 0.3 is 0 Å². The number of anilines is 4. The Morgan fingerprint density at radius 3 is 2.50 bits per heavy atom. The Balaban J connectivity index is 1.34. The normalized spacial score (nSPS) is 13.9. The lowest BCUT2D eigenvalue weighted by Crippen LogP contribution is -2.45. The summed E-state index contributed by atoms with van der Waals surface area (Å²) in [6, 6.07) is 18.8. The number of benzene rings is 2. The first kappa shape index (κ1) is 25.7. The van der Waals surface area contributed by atoms with E-state index in [4.69, 9.17) is 9.97 Å². The fourth-order valence-electron chi connectivity index (χ4n) is 4.04. The molecule has 4 aromatic rings. The molecule has 0 saturated carbocycles. The van der Waals surface area contributed by atoms with Gasteiger partial charge in [0.25, 0.3) is 5.91 Å². The van der Waals surface area contributed by atoms with Gasteiger partial charge in [-0.05, 0) is 61.6 Å². The van der Waals surface area contributed by atoms with Gasteiger partial charge in [0.05, 0.1) is 0 Å². The fraction of sp³-hybridized carbons (Fsp3) is 0.296. The van der Waals surface area contributed by atoms with Crippen LogP contribution in [-0.2, 0) is 6.42 Å². The Labute approximate surface area is 226 Å². The standard InChI is InChI=1S/C27H31N9OS/c1-3-7-21-18-23(34-33-21)29-25-30-26(36-16-14-35(2)15-17-36)32-27(31-25)38-22-12-10-19(11-13-22)24(37)28-20-8-5-4-6-9-20/h4-6,8-13,18H,3,7,14-17H2,1-2H3,(H,28,37)(H2,29,30,31,32,33,34). The highest BCUT2D eigenvalue weighted by Crippen LogP contribution is 2.28. The second-order valence-electron chi connectivity index (χ2n) is 9.13. The third-order valence-corrected chi connectivity index (χ3v) is 7.01. The van der Waals surface area contributed by atoms with Gasteiger partial charge in [-0.3, -0.25) is 9.89 Å². The van der Waals surface area contributed by atoms with Crippen LogP contribution in [-0.4, -0.2) is 69.2 Å². The molecule has 0 aliphatic carbocycles. The maximum Gasteiger partial charge on any atom is 0.255 e. The molecule has 0 bridgehead atoms. The third kappa shape index (κ3) is 6.67. The molecule has 1 amide bonds. The van der Waals surface area contributed by atoms with E-state index in [1.807, 2.05) is 48.5 Å². The van der Waals surface area contributed by atoms with Gasteiger partial charge in [-0.1, -0.05) is 31.5 Å². The number of nitrogens with zero attached hydrogens (tertiary/aromatic N) is 6. The minimum absolute atomic E-state index is 0.154. The zero-order chi connectivity index (χ0) is 26.3. The number of H-pyrrole nitrogens is 1. The van der Waals surface area contributed by atoms with Crippen LogP contribution in [0.25, 0.3) is 0 Å². The van der Waals surface area contributed by atoms with E-state index >= 15 is 0 Å². The van der Waals surface area contributed by atoms with Gasteiger partial charge in [0.1, 0.15) is 0 Å². The highest BCUT2D eigenvalue weighted by atomic mass is 32.2. The average Bonchev–Trinajstić information content (AvgIpc) is 3.37. The number of piperazine rings is 1. The van der Waals surface area contributed by atoms with Crippen LogP contribution in [0.3, 0.4) is 0 Å². The van der Waals surface area contributed by atoms with Gasteiger partial charge < -0.3 is 20.4 Å². The van der Waals surface area contributed by atoms with E-state index in [1.165, 1.54) is 11.8 Å². The number of amides is 1. The number of carbonyl (C=O) groups excluding carboxylic acids is 1. The summed E-state index contributed by atoms with van der Waals surface area (Å²) in [5, 5.41) is 14.1. The minimum atomic E-state index is -0.154. The average molecular weight is 530 g/mol. The maximum atomic E-state index is 12.6. The molecular weight excluding hydrogens is 498 g/mol. The van der Waals surface area contributed by atoms with Crippen molar-refractivity contribution in [1.29, 1.82) is 0 Å². The molecule has 38 heavy (non-hydrogen) atoms. The van der Waals surface area contributed by atoms with Gasteiger partial charge in [-0.15, -0.1) is 0 Å². The Bertz CT molecular complexity index is 1350. The zero-order valence-electron chi connectivity index (χ0n) is 21.5. The van der Waals surface area contributed by atoms with Crippen molar-refractivity contribution in [3.63, 3.8) is 0 Å². The third-order valence-electron chi connectivity index (χ3n) is 6.14. The SMILES string of the molecule is CCCc1cc(Nc2nc(Sc3ccc(C(=O)Nc4ccccc4)cc3)nc(N3CCN(C)CC3)n2)n[nH]1. The number of rotatable bonds is 9. The van der Waals surface area contributed by atoms with Crippen molar-refractivity contribution >= 4 is 41.1 Å². The lowest BCUT2D eigenvalue weighted by Gasteiger charge is -2.32. The maximum absolute atomic E-state index is 12.6. The molecule has 2 aromatic carbocycles.